The van der Waals surface area contributed by atoms with Gasteiger partial charge in [0, 0.05) is 17.7 Å². The quantitative estimate of drug-likeness (QED) is 0.629. The summed E-state index contributed by atoms with van der Waals surface area (Å²) in [7, 11) is 2.08. The number of hydrogen-bond donors (Lipinski definition) is 0. The largest absolute Gasteiger partial charge is 0.494 e. The summed E-state index contributed by atoms with van der Waals surface area (Å²) in [6.45, 7) is 0. The number of hydrogen-bond acceptors (Lipinski definition) is 2. The molecule has 0 unspecified atom stereocenters. The predicted octanol–water partition coefficient (Wildman–Crippen LogP) is 4.07. The van der Waals surface area contributed by atoms with Crippen LogP contribution in [0.3, 0.4) is 0 Å². The molecule has 0 N–H and O–H groups in total. The molecular weight excluding hydrogens is 295 g/mol. The first-order chi connectivity index (χ1) is 9.90. The summed E-state index contributed by atoms with van der Waals surface area (Å²) >= 11 is 0. The van der Waals surface area contributed by atoms with Crippen molar-refractivity contribution in [3.8, 4) is 22.6 Å². The highest BCUT2D eigenvalue weighted by atomic mass is 19.2. The van der Waals surface area contributed by atoms with Crippen molar-refractivity contribution in [2.75, 3.05) is 14.2 Å². The molecule has 2 aromatic carbocycles. The van der Waals surface area contributed by atoms with Crippen molar-refractivity contribution >= 4 is 0 Å². The van der Waals surface area contributed by atoms with E-state index in [4.69, 9.17) is 0 Å². The van der Waals surface area contributed by atoms with Crippen molar-refractivity contribution in [1.29, 1.82) is 0 Å². The Morgan fingerprint density at radius 3 is 2.00 bits per heavy atom. The molecule has 112 valence electrons. The summed E-state index contributed by atoms with van der Waals surface area (Å²) in [6, 6.07) is 1.62. The summed E-state index contributed by atoms with van der Waals surface area (Å²) in [6.07, 6.45) is 0. The zero-order chi connectivity index (χ0) is 15.7. The second-order valence-corrected chi connectivity index (χ2v) is 4.03. The molecule has 2 aromatic rings. The Hall–Kier alpha value is -2.31. The standard InChI is InChI=1S/C14H9F5O2/c1-20-10-5-8(16)12(18)11(13(10)19)7-3-6(15)4-9(17)14(7)21-2/h3-5H,1-2H3. The van der Waals surface area contributed by atoms with E-state index >= 15 is 0 Å². The zero-order valence-electron chi connectivity index (χ0n) is 10.9. The van der Waals surface area contributed by atoms with Gasteiger partial charge in [-0.15, -0.1) is 0 Å². The van der Waals surface area contributed by atoms with Gasteiger partial charge in [0.15, 0.2) is 34.8 Å². The minimum atomic E-state index is -1.60. The number of halogens is 5. The highest BCUT2D eigenvalue weighted by molar-refractivity contribution is 5.73. The highest BCUT2D eigenvalue weighted by Gasteiger charge is 2.25. The third-order valence-electron chi connectivity index (χ3n) is 2.82. The third-order valence-corrected chi connectivity index (χ3v) is 2.82. The van der Waals surface area contributed by atoms with Crippen molar-refractivity contribution < 1.29 is 31.4 Å². The topological polar surface area (TPSA) is 18.5 Å². The van der Waals surface area contributed by atoms with Crippen LogP contribution in [0.5, 0.6) is 11.5 Å². The van der Waals surface area contributed by atoms with Gasteiger partial charge < -0.3 is 9.47 Å². The molecule has 0 aliphatic carbocycles. The average molecular weight is 304 g/mol. The molecule has 0 aliphatic heterocycles. The van der Waals surface area contributed by atoms with Crippen LogP contribution in [-0.4, -0.2) is 14.2 Å². The van der Waals surface area contributed by atoms with Gasteiger partial charge in [0.25, 0.3) is 0 Å². The molecule has 0 atom stereocenters. The first-order valence-electron chi connectivity index (χ1n) is 5.65. The molecule has 0 saturated carbocycles. The van der Waals surface area contributed by atoms with Crippen molar-refractivity contribution in [1.82, 2.24) is 0 Å². The summed E-state index contributed by atoms with van der Waals surface area (Å²) in [5, 5.41) is 0. The molecule has 0 aromatic heterocycles. The first-order valence-corrected chi connectivity index (χ1v) is 5.65. The molecule has 0 radical (unpaired) electrons. The van der Waals surface area contributed by atoms with E-state index in [0.29, 0.717) is 18.2 Å². The van der Waals surface area contributed by atoms with Crippen LogP contribution in [0.2, 0.25) is 0 Å². The number of methoxy groups -OCH3 is 2. The number of rotatable bonds is 3. The smallest absolute Gasteiger partial charge is 0.176 e. The third kappa shape index (κ3) is 2.51. The molecule has 0 fully saturated rings. The van der Waals surface area contributed by atoms with Crippen LogP contribution in [0.25, 0.3) is 11.1 Å². The SMILES string of the molecule is COc1cc(F)c(F)c(-c2cc(F)cc(F)c2OC)c1F. The Morgan fingerprint density at radius 1 is 0.762 bits per heavy atom. The van der Waals surface area contributed by atoms with Gasteiger partial charge in [0.1, 0.15) is 5.82 Å². The zero-order valence-corrected chi connectivity index (χ0v) is 10.9. The van der Waals surface area contributed by atoms with Gasteiger partial charge in [-0.25, -0.2) is 22.0 Å². The first kappa shape index (κ1) is 15.1. The number of ether oxygens (including phenoxy) is 2. The molecule has 0 amide bonds. The lowest BCUT2D eigenvalue weighted by Crippen LogP contribution is -2.02. The maximum Gasteiger partial charge on any atom is 0.176 e. The lowest BCUT2D eigenvalue weighted by molar-refractivity contribution is 0.374. The van der Waals surface area contributed by atoms with Crippen molar-refractivity contribution in [3.63, 3.8) is 0 Å². The second-order valence-electron chi connectivity index (χ2n) is 4.03. The van der Waals surface area contributed by atoms with E-state index in [1.54, 1.807) is 0 Å². The molecule has 0 saturated heterocycles. The fourth-order valence-electron chi connectivity index (χ4n) is 1.92. The highest BCUT2D eigenvalue weighted by Crippen LogP contribution is 2.39. The van der Waals surface area contributed by atoms with Gasteiger partial charge in [-0.05, 0) is 6.07 Å². The molecule has 0 heterocycles. The van der Waals surface area contributed by atoms with Gasteiger partial charge in [-0.3, -0.25) is 0 Å². The summed E-state index contributed by atoms with van der Waals surface area (Å²) < 4.78 is 77.7. The Kier molecular flexibility index (Phi) is 4.02. The van der Waals surface area contributed by atoms with Crippen LogP contribution in [0.15, 0.2) is 18.2 Å². The molecule has 7 heteroatoms. The van der Waals surface area contributed by atoms with Crippen LogP contribution in [0.1, 0.15) is 0 Å². The minimum Gasteiger partial charge on any atom is -0.494 e. The van der Waals surface area contributed by atoms with E-state index < -0.39 is 51.7 Å². The Morgan fingerprint density at radius 2 is 1.43 bits per heavy atom. The van der Waals surface area contributed by atoms with Crippen molar-refractivity contribution in [3.05, 3.63) is 47.3 Å². The average Bonchev–Trinajstić information content (AvgIpc) is 2.42. The molecule has 21 heavy (non-hydrogen) atoms. The summed E-state index contributed by atoms with van der Waals surface area (Å²) in [4.78, 5) is 0. The van der Waals surface area contributed by atoms with E-state index in [-0.39, 0.29) is 0 Å². The van der Waals surface area contributed by atoms with Crippen LogP contribution in [0, 0.1) is 29.1 Å². The van der Waals surface area contributed by atoms with Gasteiger partial charge in [-0.1, -0.05) is 0 Å². The lowest BCUT2D eigenvalue weighted by atomic mass is 10.0. The van der Waals surface area contributed by atoms with Crippen molar-refractivity contribution in [2.24, 2.45) is 0 Å². The molecule has 0 bridgehead atoms. The van der Waals surface area contributed by atoms with Gasteiger partial charge in [0.2, 0.25) is 0 Å². The lowest BCUT2D eigenvalue weighted by Gasteiger charge is -2.14. The van der Waals surface area contributed by atoms with Gasteiger partial charge in [0.05, 0.1) is 19.8 Å². The van der Waals surface area contributed by atoms with E-state index in [2.05, 4.69) is 9.47 Å². The molecule has 0 aliphatic rings. The van der Waals surface area contributed by atoms with Crippen LogP contribution in [-0.2, 0) is 0 Å². The van der Waals surface area contributed by atoms with Crippen molar-refractivity contribution in [2.45, 2.75) is 0 Å². The van der Waals surface area contributed by atoms with E-state index in [1.807, 2.05) is 0 Å². The predicted molar refractivity (Wildman–Crippen MR) is 64.8 cm³/mol. The molecular formula is C14H9F5O2. The maximum atomic E-state index is 14.1. The molecule has 2 rings (SSSR count). The van der Waals surface area contributed by atoms with Gasteiger partial charge in [-0.2, -0.15) is 0 Å². The van der Waals surface area contributed by atoms with E-state index in [9.17, 15) is 22.0 Å². The minimum absolute atomic E-state index is 0.481. The van der Waals surface area contributed by atoms with Crippen LogP contribution in [0.4, 0.5) is 22.0 Å². The van der Waals surface area contributed by atoms with E-state index in [0.717, 1.165) is 14.2 Å². The Labute approximate surface area is 116 Å². The van der Waals surface area contributed by atoms with Gasteiger partial charge >= 0.3 is 0 Å². The summed E-state index contributed by atoms with van der Waals surface area (Å²) in [5.74, 6) is -7.79. The Bertz CT molecular complexity index is 700. The molecule has 2 nitrogen and oxygen atoms in total. The number of benzene rings is 2. The fraction of sp³-hybridized carbons (Fsp3) is 0.143. The molecule has 0 spiro atoms. The maximum absolute atomic E-state index is 14.1. The van der Waals surface area contributed by atoms with E-state index in [1.165, 1.54) is 0 Å². The van der Waals surface area contributed by atoms with Crippen LogP contribution < -0.4 is 9.47 Å². The normalized spacial score (nSPS) is 10.6. The second kappa shape index (κ2) is 5.59. The Balaban J connectivity index is 2.87. The van der Waals surface area contributed by atoms with Crippen LogP contribution >= 0.6 is 0 Å². The summed E-state index contributed by atoms with van der Waals surface area (Å²) in [5.41, 5.74) is -1.56. The monoisotopic (exact) mass is 304 g/mol. The fourth-order valence-corrected chi connectivity index (χ4v) is 1.92.